The van der Waals surface area contributed by atoms with Crippen molar-refractivity contribution in [1.29, 1.82) is 0 Å². The minimum Gasteiger partial charge on any atom is -0.394 e. The van der Waals surface area contributed by atoms with Gasteiger partial charge in [0.2, 0.25) is 0 Å². The molecule has 0 bridgehead atoms. The third kappa shape index (κ3) is 13.8. The van der Waals surface area contributed by atoms with Crippen LogP contribution in [0, 0.1) is 5.92 Å². The van der Waals surface area contributed by atoms with Crippen LogP contribution in [0.3, 0.4) is 0 Å². The highest BCUT2D eigenvalue weighted by Gasteiger charge is 1.98. The minimum atomic E-state index is 0.0687. The number of aliphatic hydroxyl groups is 1. The molecule has 0 spiro atoms. The maximum Gasteiger partial charge on any atom is 0.0701 e. The molecule has 0 fully saturated rings. The maximum atomic E-state index is 8.46. The van der Waals surface area contributed by atoms with Gasteiger partial charge in [-0.25, -0.2) is 0 Å². The van der Waals surface area contributed by atoms with Crippen molar-refractivity contribution in [2.45, 2.75) is 33.1 Å². The van der Waals surface area contributed by atoms with Crippen LogP contribution in [0.2, 0.25) is 0 Å². The molecule has 4 nitrogen and oxygen atoms in total. The standard InChI is InChI=1S/C13H28O4/c1-3-13(2)5-4-7-15-9-11-17-12-10-16-8-6-14/h13-14H,3-12H2,1-2H3. The van der Waals surface area contributed by atoms with Gasteiger partial charge in [-0.05, 0) is 18.8 Å². The van der Waals surface area contributed by atoms with Gasteiger partial charge in [0.05, 0.1) is 39.6 Å². The Labute approximate surface area is 105 Å². The third-order valence-electron chi connectivity index (χ3n) is 2.66. The van der Waals surface area contributed by atoms with E-state index in [9.17, 15) is 0 Å². The fourth-order valence-electron chi connectivity index (χ4n) is 1.34. The molecule has 4 heteroatoms. The molecule has 0 aliphatic heterocycles. The van der Waals surface area contributed by atoms with Crippen LogP contribution in [-0.2, 0) is 14.2 Å². The first-order chi connectivity index (χ1) is 8.31. The predicted octanol–water partition coefficient (Wildman–Crippen LogP) is 1.85. The highest BCUT2D eigenvalue weighted by atomic mass is 16.5. The van der Waals surface area contributed by atoms with E-state index < -0.39 is 0 Å². The van der Waals surface area contributed by atoms with Gasteiger partial charge >= 0.3 is 0 Å². The second-order valence-electron chi connectivity index (χ2n) is 4.22. The van der Waals surface area contributed by atoms with Crippen molar-refractivity contribution < 1.29 is 19.3 Å². The molecule has 0 saturated heterocycles. The first-order valence-corrected chi connectivity index (χ1v) is 6.65. The fraction of sp³-hybridized carbons (Fsp3) is 1.00. The fourth-order valence-corrected chi connectivity index (χ4v) is 1.34. The van der Waals surface area contributed by atoms with E-state index in [1.54, 1.807) is 0 Å². The summed E-state index contributed by atoms with van der Waals surface area (Å²) in [6, 6.07) is 0. The Bertz CT molecular complexity index is 141. The lowest BCUT2D eigenvalue weighted by atomic mass is 10.0. The Balaban J connectivity index is 2.94. The summed E-state index contributed by atoms with van der Waals surface area (Å²) in [5, 5.41) is 8.46. The van der Waals surface area contributed by atoms with Gasteiger partial charge < -0.3 is 19.3 Å². The lowest BCUT2D eigenvalue weighted by molar-refractivity contribution is 0.00692. The molecular weight excluding hydrogens is 220 g/mol. The molecule has 0 amide bonds. The quantitative estimate of drug-likeness (QED) is 0.505. The molecule has 0 aromatic rings. The van der Waals surface area contributed by atoms with Crippen LogP contribution in [0.4, 0.5) is 0 Å². The Morgan fingerprint density at radius 1 is 0.882 bits per heavy atom. The van der Waals surface area contributed by atoms with E-state index in [-0.39, 0.29) is 6.61 Å². The SMILES string of the molecule is CCC(C)CCCOCCOCCOCCO. The minimum absolute atomic E-state index is 0.0687. The lowest BCUT2D eigenvalue weighted by Crippen LogP contribution is -2.11. The second kappa shape index (κ2) is 13.9. The average Bonchev–Trinajstić information content (AvgIpc) is 2.35. The highest BCUT2D eigenvalue weighted by Crippen LogP contribution is 2.08. The van der Waals surface area contributed by atoms with Crippen molar-refractivity contribution in [1.82, 2.24) is 0 Å². The van der Waals surface area contributed by atoms with E-state index in [0.717, 1.165) is 18.9 Å². The maximum absolute atomic E-state index is 8.46. The molecule has 0 radical (unpaired) electrons. The van der Waals surface area contributed by atoms with E-state index in [1.165, 1.54) is 12.8 Å². The summed E-state index contributed by atoms with van der Waals surface area (Å²) < 4.78 is 15.8. The zero-order chi connectivity index (χ0) is 12.8. The van der Waals surface area contributed by atoms with Crippen molar-refractivity contribution in [2.75, 3.05) is 46.2 Å². The van der Waals surface area contributed by atoms with E-state index in [4.69, 9.17) is 19.3 Å². The van der Waals surface area contributed by atoms with Crippen LogP contribution >= 0.6 is 0 Å². The van der Waals surface area contributed by atoms with Crippen LogP contribution in [-0.4, -0.2) is 51.4 Å². The third-order valence-corrected chi connectivity index (χ3v) is 2.66. The Morgan fingerprint density at radius 3 is 1.94 bits per heavy atom. The van der Waals surface area contributed by atoms with Gasteiger partial charge in [0.1, 0.15) is 0 Å². The molecule has 0 aromatic heterocycles. The molecule has 1 N–H and O–H groups in total. The van der Waals surface area contributed by atoms with E-state index in [1.807, 2.05) is 0 Å². The first-order valence-electron chi connectivity index (χ1n) is 6.65. The van der Waals surface area contributed by atoms with Gasteiger partial charge in [-0.2, -0.15) is 0 Å². The van der Waals surface area contributed by atoms with Gasteiger partial charge in [-0.1, -0.05) is 20.3 Å². The molecule has 0 aliphatic rings. The average molecular weight is 248 g/mol. The Kier molecular flexibility index (Phi) is 13.8. The topological polar surface area (TPSA) is 47.9 Å². The molecule has 0 aliphatic carbocycles. The molecule has 0 rings (SSSR count). The number of hydrogen-bond acceptors (Lipinski definition) is 4. The summed E-state index contributed by atoms with van der Waals surface area (Å²) in [5.41, 5.74) is 0. The first kappa shape index (κ1) is 16.8. The van der Waals surface area contributed by atoms with Crippen molar-refractivity contribution in [3.63, 3.8) is 0 Å². The zero-order valence-electron chi connectivity index (χ0n) is 11.3. The summed E-state index contributed by atoms with van der Waals surface area (Å²) in [6.07, 6.45) is 3.62. The smallest absolute Gasteiger partial charge is 0.0701 e. The summed E-state index contributed by atoms with van der Waals surface area (Å²) in [6.45, 7) is 8.15. The van der Waals surface area contributed by atoms with Crippen LogP contribution < -0.4 is 0 Å². The summed E-state index contributed by atoms with van der Waals surface area (Å²) in [7, 11) is 0. The van der Waals surface area contributed by atoms with E-state index in [2.05, 4.69) is 13.8 Å². The monoisotopic (exact) mass is 248 g/mol. The Morgan fingerprint density at radius 2 is 1.41 bits per heavy atom. The number of ether oxygens (including phenoxy) is 3. The van der Waals surface area contributed by atoms with Crippen molar-refractivity contribution >= 4 is 0 Å². The molecule has 17 heavy (non-hydrogen) atoms. The predicted molar refractivity (Wildman–Crippen MR) is 68.2 cm³/mol. The van der Waals surface area contributed by atoms with Crippen molar-refractivity contribution in [2.24, 2.45) is 5.92 Å². The van der Waals surface area contributed by atoms with Gasteiger partial charge in [0, 0.05) is 6.61 Å². The van der Waals surface area contributed by atoms with Crippen LogP contribution in [0.1, 0.15) is 33.1 Å². The van der Waals surface area contributed by atoms with Crippen molar-refractivity contribution in [3.05, 3.63) is 0 Å². The van der Waals surface area contributed by atoms with Gasteiger partial charge in [-0.15, -0.1) is 0 Å². The molecule has 0 heterocycles. The number of aliphatic hydroxyl groups excluding tert-OH is 1. The number of hydrogen-bond donors (Lipinski definition) is 1. The summed E-state index contributed by atoms with van der Waals surface area (Å²) >= 11 is 0. The molecule has 104 valence electrons. The van der Waals surface area contributed by atoms with E-state index in [0.29, 0.717) is 33.0 Å². The zero-order valence-corrected chi connectivity index (χ0v) is 11.3. The van der Waals surface area contributed by atoms with E-state index >= 15 is 0 Å². The normalized spacial score (nSPS) is 12.9. The molecule has 1 unspecified atom stereocenters. The summed E-state index contributed by atoms with van der Waals surface area (Å²) in [4.78, 5) is 0. The van der Waals surface area contributed by atoms with Crippen LogP contribution in [0.5, 0.6) is 0 Å². The lowest BCUT2D eigenvalue weighted by Gasteiger charge is -2.08. The van der Waals surface area contributed by atoms with Crippen LogP contribution in [0.25, 0.3) is 0 Å². The van der Waals surface area contributed by atoms with Crippen molar-refractivity contribution in [3.8, 4) is 0 Å². The molecular formula is C13H28O4. The highest BCUT2D eigenvalue weighted by molar-refractivity contribution is 4.49. The van der Waals surface area contributed by atoms with Gasteiger partial charge in [0.15, 0.2) is 0 Å². The second-order valence-corrected chi connectivity index (χ2v) is 4.22. The molecule has 0 saturated carbocycles. The largest absolute Gasteiger partial charge is 0.394 e. The van der Waals surface area contributed by atoms with Gasteiger partial charge in [-0.3, -0.25) is 0 Å². The number of rotatable bonds is 13. The molecule has 0 aromatic carbocycles. The van der Waals surface area contributed by atoms with Gasteiger partial charge in [0.25, 0.3) is 0 Å². The Hall–Kier alpha value is -0.160. The summed E-state index contributed by atoms with van der Waals surface area (Å²) in [5.74, 6) is 0.804. The van der Waals surface area contributed by atoms with Crippen LogP contribution in [0.15, 0.2) is 0 Å². The molecule has 1 atom stereocenters.